The molecule has 0 aliphatic rings. The fraction of sp³-hybridized carbons (Fsp3) is 0.636. The number of halogens is 3. The molecule has 1 amide bonds. The summed E-state index contributed by atoms with van der Waals surface area (Å²) >= 11 is 3.16. The Labute approximate surface area is 113 Å². The lowest BCUT2D eigenvalue weighted by Crippen LogP contribution is -2.37. The van der Waals surface area contributed by atoms with E-state index in [1.54, 1.807) is 25.6 Å². The summed E-state index contributed by atoms with van der Waals surface area (Å²) in [4.78, 5) is 13.4. The van der Waals surface area contributed by atoms with Gasteiger partial charge in [-0.15, -0.1) is 0 Å². The van der Waals surface area contributed by atoms with E-state index in [9.17, 15) is 13.6 Å². The molecule has 0 saturated heterocycles. The highest BCUT2D eigenvalue weighted by Crippen LogP contribution is 2.15. The fourth-order valence-electron chi connectivity index (χ4n) is 1.79. The first-order valence-corrected chi connectivity index (χ1v) is 6.64. The Hall–Kier alpha value is -0.980. The molecule has 0 spiro atoms. The van der Waals surface area contributed by atoms with Gasteiger partial charge in [0, 0.05) is 24.6 Å². The van der Waals surface area contributed by atoms with Crippen molar-refractivity contribution in [1.82, 2.24) is 14.7 Å². The number of amides is 1. The molecule has 0 aliphatic carbocycles. The van der Waals surface area contributed by atoms with E-state index in [1.807, 2.05) is 0 Å². The van der Waals surface area contributed by atoms with Gasteiger partial charge in [0.1, 0.15) is 0 Å². The molecule has 1 aromatic heterocycles. The van der Waals surface area contributed by atoms with E-state index in [1.165, 1.54) is 0 Å². The topological polar surface area (TPSA) is 38.1 Å². The molecule has 0 bridgehead atoms. The van der Waals surface area contributed by atoms with Crippen LogP contribution in [0.1, 0.15) is 21.7 Å². The Morgan fingerprint density at radius 2 is 2.11 bits per heavy atom. The van der Waals surface area contributed by atoms with Gasteiger partial charge in [0.2, 0.25) is 0 Å². The number of carbonyl (C=O) groups excluding carboxylic acids is 1. The maximum absolute atomic E-state index is 12.5. The molecule has 0 aliphatic heterocycles. The van der Waals surface area contributed by atoms with Crippen molar-refractivity contribution >= 4 is 21.8 Å². The second-order valence-corrected chi connectivity index (χ2v) is 4.79. The normalized spacial score (nSPS) is 11.1. The van der Waals surface area contributed by atoms with E-state index in [2.05, 4.69) is 21.0 Å². The molecule has 0 saturated carbocycles. The zero-order valence-electron chi connectivity index (χ0n) is 10.6. The summed E-state index contributed by atoms with van der Waals surface area (Å²) in [6, 6.07) is 0. The van der Waals surface area contributed by atoms with Crippen LogP contribution in [0.2, 0.25) is 0 Å². The number of aromatic nitrogens is 2. The number of hydrogen-bond acceptors (Lipinski definition) is 2. The van der Waals surface area contributed by atoms with E-state index >= 15 is 0 Å². The Kier molecular flexibility index (Phi) is 5.25. The Morgan fingerprint density at radius 3 is 2.50 bits per heavy atom. The van der Waals surface area contributed by atoms with E-state index in [4.69, 9.17) is 0 Å². The lowest BCUT2D eigenvalue weighted by molar-refractivity contribution is 0.0571. The van der Waals surface area contributed by atoms with Crippen LogP contribution in [0.4, 0.5) is 8.78 Å². The maximum atomic E-state index is 12.5. The summed E-state index contributed by atoms with van der Waals surface area (Å²) in [6.45, 7) is 3.14. The molecule has 102 valence electrons. The molecule has 7 heteroatoms. The number of rotatable bonds is 5. The van der Waals surface area contributed by atoms with Crippen molar-refractivity contribution in [2.45, 2.75) is 20.3 Å². The lowest BCUT2D eigenvalue weighted by Gasteiger charge is -2.21. The molecule has 0 aromatic carbocycles. The average Bonchev–Trinajstić information content (AvgIpc) is 2.51. The van der Waals surface area contributed by atoms with Crippen molar-refractivity contribution in [3.05, 3.63) is 17.0 Å². The minimum atomic E-state index is -2.54. The van der Waals surface area contributed by atoms with Crippen molar-refractivity contribution in [3.8, 4) is 0 Å². The largest absolute Gasteiger partial charge is 0.332 e. The van der Waals surface area contributed by atoms with Crippen molar-refractivity contribution in [2.24, 2.45) is 7.05 Å². The van der Waals surface area contributed by atoms with E-state index in [0.717, 1.165) is 4.90 Å². The van der Waals surface area contributed by atoms with Crippen LogP contribution in [-0.4, -0.2) is 45.4 Å². The maximum Gasteiger partial charge on any atom is 0.257 e. The third kappa shape index (κ3) is 3.28. The number of aryl methyl sites for hydroxylation is 2. The quantitative estimate of drug-likeness (QED) is 0.779. The highest BCUT2D eigenvalue weighted by molar-refractivity contribution is 9.09. The molecule has 0 radical (unpaired) electrons. The SMILES string of the molecule is Cc1nn(C)c(C)c1C(=O)N(CCBr)CC(F)F. The van der Waals surface area contributed by atoms with Crippen LogP contribution in [0.5, 0.6) is 0 Å². The standard InChI is InChI=1S/C11H16BrF2N3O/c1-7-10(8(2)16(3)15-7)11(18)17(5-4-12)6-9(13)14/h9H,4-6H2,1-3H3. The van der Waals surface area contributed by atoms with Gasteiger partial charge in [-0.25, -0.2) is 8.78 Å². The monoisotopic (exact) mass is 323 g/mol. The highest BCUT2D eigenvalue weighted by Gasteiger charge is 2.24. The zero-order chi connectivity index (χ0) is 13.9. The third-order valence-electron chi connectivity index (χ3n) is 2.72. The lowest BCUT2D eigenvalue weighted by atomic mass is 10.1. The van der Waals surface area contributed by atoms with Crippen molar-refractivity contribution in [3.63, 3.8) is 0 Å². The first-order chi connectivity index (χ1) is 8.38. The molecular formula is C11H16BrF2N3O. The van der Waals surface area contributed by atoms with Crippen LogP contribution in [-0.2, 0) is 7.05 Å². The van der Waals surface area contributed by atoms with E-state index in [0.29, 0.717) is 22.3 Å². The van der Waals surface area contributed by atoms with Crippen LogP contribution >= 0.6 is 15.9 Å². The van der Waals surface area contributed by atoms with Gasteiger partial charge in [-0.3, -0.25) is 9.48 Å². The average molecular weight is 324 g/mol. The molecule has 1 aromatic rings. The molecule has 0 N–H and O–H groups in total. The Bertz CT molecular complexity index is 434. The second-order valence-electron chi connectivity index (χ2n) is 4.00. The highest BCUT2D eigenvalue weighted by atomic mass is 79.9. The fourth-order valence-corrected chi connectivity index (χ4v) is 2.21. The smallest absolute Gasteiger partial charge is 0.257 e. The molecular weight excluding hydrogens is 308 g/mol. The minimum Gasteiger partial charge on any atom is -0.332 e. The molecule has 0 unspecified atom stereocenters. The number of nitrogens with zero attached hydrogens (tertiary/aromatic N) is 3. The molecule has 1 rings (SSSR count). The van der Waals surface area contributed by atoms with Gasteiger partial charge in [-0.05, 0) is 13.8 Å². The molecule has 1 heterocycles. The summed E-state index contributed by atoms with van der Waals surface area (Å²) < 4.78 is 26.5. The van der Waals surface area contributed by atoms with E-state index < -0.39 is 18.9 Å². The van der Waals surface area contributed by atoms with Gasteiger partial charge < -0.3 is 4.90 Å². The van der Waals surface area contributed by atoms with Gasteiger partial charge >= 0.3 is 0 Å². The zero-order valence-corrected chi connectivity index (χ0v) is 12.2. The van der Waals surface area contributed by atoms with Crippen LogP contribution in [0, 0.1) is 13.8 Å². The minimum absolute atomic E-state index is 0.247. The number of alkyl halides is 3. The van der Waals surface area contributed by atoms with Gasteiger partial charge in [-0.1, -0.05) is 15.9 Å². The first-order valence-electron chi connectivity index (χ1n) is 5.52. The Balaban J connectivity index is 3.01. The number of carbonyl (C=O) groups is 1. The first kappa shape index (κ1) is 15.1. The summed E-state index contributed by atoms with van der Waals surface area (Å²) in [5.41, 5.74) is 1.67. The molecule has 4 nitrogen and oxygen atoms in total. The van der Waals surface area contributed by atoms with Gasteiger partial charge in [0.05, 0.1) is 17.8 Å². The predicted octanol–water partition coefficient (Wildman–Crippen LogP) is 2.14. The number of hydrogen-bond donors (Lipinski definition) is 0. The summed E-state index contributed by atoms with van der Waals surface area (Å²) in [5.74, 6) is -0.391. The molecule has 0 atom stereocenters. The van der Waals surface area contributed by atoms with Crippen LogP contribution in [0.3, 0.4) is 0 Å². The van der Waals surface area contributed by atoms with Crippen molar-refractivity contribution < 1.29 is 13.6 Å². The van der Waals surface area contributed by atoms with Gasteiger partial charge in [-0.2, -0.15) is 5.10 Å². The van der Waals surface area contributed by atoms with Crippen molar-refractivity contribution in [1.29, 1.82) is 0 Å². The van der Waals surface area contributed by atoms with Gasteiger partial charge in [0.15, 0.2) is 0 Å². The molecule has 0 fully saturated rings. The van der Waals surface area contributed by atoms with E-state index in [-0.39, 0.29) is 6.54 Å². The Morgan fingerprint density at radius 1 is 1.50 bits per heavy atom. The van der Waals surface area contributed by atoms with Crippen LogP contribution in [0.25, 0.3) is 0 Å². The van der Waals surface area contributed by atoms with Gasteiger partial charge in [0.25, 0.3) is 12.3 Å². The third-order valence-corrected chi connectivity index (χ3v) is 3.08. The van der Waals surface area contributed by atoms with Crippen LogP contribution in [0.15, 0.2) is 0 Å². The summed E-state index contributed by atoms with van der Waals surface area (Å²) in [7, 11) is 1.72. The summed E-state index contributed by atoms with van der Waals surface area (Å²) in [6.07, 6.45) is -2.54. The van der Waals surface area contributed by atoms with Crippen LogP contribution < -0.4 is 0 Å². The van der Waals surface area contributed by atoms with Crippen molar-refractivity contribution in [2.75, 3.05) is 18.4 Å². The molecule has 18 heavy (non-hydrogen) atoms. The predicted molar refractivity (Wildman–Crippen MR) is 68.4 cm³/mol. The summed E-state index contributed by atoms with van der Waals surface area (Å²) in [5, 5.41) is 4.59. The second kappa shape index (κ2) is 6.26.